The number of fused-ring (bicyclic) bond motifs is 1. The van der Waals surface area contributed by atoms with Crippen molar-refractivity contribution in [2.75, 3.05) is 17.2 Å². The third kappa shape index (κ3) is 3.50. The third-order valence-electron chi connectivity index (χ3n) is 4.27. The number of aryl methyl sites for hydroxylation is 1. The van der Waals surface area contributed by atoms with E-state index in [9.17, 15) is 9.59 Å². The van der Waals surface area contributed by atoms with E-state index in [1.54, 1.807) is 24.3 Å². The van der Waals surface area contributed by atoms with Crippen molar-refractivity contribution in [1.29, 1.82) is 0 Å². The molecule has 27 heavy (non-hydrogen) atoms. The molecule has 6 heteroatoms. The summed E-state index contributed by atoms with van der Waals surface area (Å²) in [5.74, 6) is 0.0998. The number of aromatic nitrogens is 1. The van der Waals surface area contributed by atoms with Gasteiger partial charge in [0.05, 0.1) is 22.6 Å². The minimum atomic E-state index is -0.261. The molecule has 0 fully saturated rings. The van der Waals surface area contributed by atoms with Crippen LogP contribution >= 0.6 is 0 Å². The Balaban J connectivity index is 1.55. The van der Waals surface area contributed by atoms with Crippen molar-refractivity contribution in [3.63, 3.8) is 0 Å². The molecule has 4 rings (SSSR count). The summed E-state index contributed by atoms with van der Waals surface area (Å²) in [6, 6.07) is 18.5. The van der Waals surface area contributed by atoms with Crippen LogP contribution in [0.15, 0.2) is 60.7 Å². The van der Waals surface area contributed by atoms with Crippen LogP contribution < -0.4 is 15.4 Å². The lowest BCUT2D eigenvalue weighted by atomic mass is 10.1. The van der Waals surface area contributed by atoms with E-state index in [1.807, 2.05) is 43.3 Å². The number of hydrogen-bond donors (Lipinski definition) is 2. The lowest BCUT2D eigenvalue weighted by Gasteiger charge is -2.18. The molecule has 0 aliphatic carbocycles. The summed E-state index contributed by atoms with van der Waals surface area (Å²) >= 11 is 0. The lowest BCUT2D eigenvalue weighted by Crippen LogP contribution is -2.25. The maximum absolute atomic E-state index is 12.6. The van der Waals surface area contributed by atoms with Crippen LogP contribution in [0.5, 0.6) is 5.75 Å². The highest BCUT2D eigenvalue weighted by Crippen LogP contribution is 2.30. The molecule has 134 valence electrons. The largest absolute Gasteiger partial charge is 0.482 e. The van der Waals surface area contributed by atoms with Crippen LogP contribution in [0.2, 0.25) is 0 Å². The van der Waals surface area contributed by atoms with Crippen molar-refractivity contribution in [3.05, 3.63) is 71.9 Å². The predicted molar refractivity (Wildman–Crippen MR) is 103 cm³/mol. The van der Waals surface area contributed by atoms with Crippen molar-refractivity contribution in [1.82, 2.24) is 4.98 Å². The van der Waals surface area contributed by atoms with Crippen molar-refractivity contribution in [2.24, 2.45) is 0 Å². The van der Waals surface area contributed by atoms with Gasteiger partial charge in [-0.2, -0.15) is 0 Å². The van der Waals surface area contributed by atoms with E-state index in [0.717, 1.165) is 11.3 Å². The van der Waals surface area contributed by atoms with Crippen molar-refractivity contribution in [3.8, 4) is 17.0 Å². The van der Waals surface area contributed by atoms with Crippen LogP contribution in [0, 0.1) is 6.92 Å². The first-order chi connectivity index (χ1) is 13.1. The van der Waals surface area contributed by atoms with Crippen LogP contribution in [0.25, 0.3) is 11.3 Å². The van der Waals surface area contributed by atoms with Gasteiger partial charge in [-0.25, -0.2) is 0 Å². The fourth-order valence-electron chi connectivity index (χ4n) is 2.93. The van der Waals surface area contributed by atoms with Crippen LogP contribution in [0.3, 0.4) is 0 Å². The maximum atomic E-state index is 12.6. The standard InChI is InChI=1S/C21H17N3O3/c1-13-16(8-9-17(22-13)14-5-3-2-4-6-14)21(26)23-15-7-10-19-18(11-15)24-20(25)12-27-19/h2-11H,12H2,1H3,(H,23,26)(H,24,25). The molecule has 1 aliphatic heterocycles. The number of benzene rings is 2. The summed E-state index contributed by atoms with van der Waals surface area (Å²) < 4.78 is 5.32. The smallest absolute Gasteiger partial charge is 0.262 e. The number of amides is 2. The average Bonchev–Trinajstić information content (AvgIpc) is 2.68. The second-order valence-electron chi connectivity index (χ2n) is 6.20. The molecule has 0 atom stereocenters. The highest BCUT2D eigenvalue weighted by Gasteiger charge is 2.17. The zero-order chi connectivity index (χ0) is 18.8. The summed E-state index contributed by atoms with van der Waals surface area (Å²) in [5, 5.41) is 5.56. The Morgan fingerprint density at radius 1 is 1.11 bits per heavy atom. The minimum Gasteiger partial charge on any atom is -0.482 e. The summed E-state index contributed by atoms with van der Waals surface area (Å²) in [7, 11) is 0. The predicted octanol–water partition coefficient (Wildman–Crippen LogP) is 3.64. The van der Waals surface area contributed by atoms with Gasteiger partial charge in [0, 0.05) is 11.3 Å². The number of hydrogen-bond acceptors (Lipinski definition) is 4. The average molecular weight is 359 g/mol. The van der Waals surface area contributed by atoms with Crippen LogP contribution in [0.4, 0.5) is 11.4 Å². The van der Waals surface area contributed by atoms with Crippen molar-refractivity contribution >= 4 is 23.2 Å². The summed E-state index contributed by atoms with van der Waals surface area (Å²) in [5.41, 5.74) is 4.06. The molecule has 1 aromatic heterocycles. The molecule has 1 aliphatic rings. The molecule has 0 spiro atoms. The molecule has 2 N–H and O–H groups in total. The molecule has 2 heterocycles. The Morgan fingerprint density at radius 3 is 2.70 bits per heavy atom. The van der Waals surface area contributed by atoms with Gasteiger partial charge in [-0.3, -0.25) is 14.6 Å². The molecule has 2 aromatic carbocycles. The molecule has 0 unspecified atom stereocenters. The van der Waals surface area contributed by atoms with Gasteiger partial charge in [0.15, 0.2) is 6.61 Å². The van der Waals surface area contributed by atoms with Gasteiger partial charge >= 0.3 is 0 Å². The molecule has 3 aromatic rings. The number of carbonyl (C=O) groups is 2. The lowest BCUT2D eigenvalue weighted by molar-refractivity contribution is -0.118. The van der Waals surface area contributed by atoms with Crippen molar-refractivity contribution < 1.29 is 14.3 Å². The summed E-state index contributed by atoms with van der Waals surface area (Å²) in [4.78, 5) is 28.6. The van der Waals surface area contributed by atoms with Gasteiger partial charge in [0.25, 0.3) is 11.8 Å². The number of nitrogens with one attached hydrogen (secondary N) is 2. The van der Waals surface area contributed by atoms with E-state index >= 15 is 0 Å². The van der Waals surface area contributed by atoms with E-state index in [0.29, 0.717) is 28.4 Å². The van der Waals surface area contributed by atoms with Gasteiger partial charge in [0.1, 0.15) is 5.75 Å². The normalized spacial score (nSPS) is 12.6. The molecular weight excluding hydrogens is 342 g/mol. The number of anilines is 2. The van der Waals surface area contributed by atoms with E-state index in [2.05, 4.69) is 15.6 Å². The Kier molecular flexibility index (Phi) is 4.30. The molecule has 2 amide bonds. The number of ether oxygens (including phenoxy) is 1. The number of nitrogens with zero attached hydrogens (tertiary/aromatic N) is 1. The van der Waals surface area contributed by atoms with Gasteiger partial charge in [0.2, 0.25) is 0 Å². The van der Waals surface area contributed by atoms with Crippen LogP contribution in [-0.4, -0.2) is 23.4 Å². The minimum absolute atomic E-state index is 0.00265. The van der Waals surface area contributed by atoms with Crippen LogP contribution in [-0.2, 0) is 4.79 Å². The summed E-state index contributed by atoms with van der Waals surface area (Å²) in [6.45, 7) is 1.81. The van der Waals surface area contributed by atoms with Gasteiger partial charge in [-0.1, -0.05) is 30.3 Å². The molecule has 0 bridgehead atoms. The Hall–Kier alpha value is -3.67. The van der Waals surface area contributed by atoms with E-state index in [4.69, 9.17) is 4.74 Å². The van der Waals surface area contributed by atoms with Crippen molar-refractivity contribution in [2.45, 2.75) is 6.92 Å². The highest BCUT2D eigenvalue weighted by atomic mass is 16.5. The maximum Gasteiger partial charge on any atom is 0.262 e. The number of pyridine rings is 1. The topological polar surface area (TPSA) is 80.3 Å². The first kappa shape index (κ1) is 16.8. The zero-order valence-electron chi connectivity index (χ0n) is 14.7. The molecule has 0 saturated carbocycles. The van der Waals surface area contributed by atoms with Gasteiger partial charge in [-0.15, -0.1) is 0 Å². The first-order valence-corrected chi connectivity index (χ1v) is 8.51. The fourth-order valence-corrected chi connectivity index (χ4v) is 2.93. The number of carbonyl (C=O) groups excluding carboxylic acids is 2. The fraction of sp³-hybridized carbons (Fsp3) is 0.0952. The SMILES string of the molecule is Cc1nc(-c2ccccc2)ccc1C(=O)Nc1ccc2c(c1)NC(=O)CO2. The second-order valence-corrected chi connectivity index (χ2v) is 6.20. The van der Waals surface area contributed by atoms with Gasteiger partial charge < -0.3 is 15.4 Å². The number of rotatable bonds is 3. The third-order valence-corrected chi connectivity index (χ3v) is 4.27. The Bertz CT molecular complexity index is 1030. The molecule has 6 nitrogen and oxygen atoms in total. The summed E-state index contributed by atoms with van der Waals surface area (Å²) in [6.07, 6.45) is 0. The van der Waals surface area contributed by atoms with Gasteiger partial charge in [-0.05, 0) is 37.3 Å². The molecule has 0 saturated heterocycles. The zero-order valence-corrected chi connectivity index (χ0v) is 14.7. The van der Waals surface area contributed by atoms with E-state index in [-0.39, 0.29) is 18.4 Å². The molecule has 0 radical (unpaired) electrons. The highest BCUT2D eigenvalue weighted by molar-refractivity contribution is 6.06. The van der Waals surface area contributed by atoms with E-state index in [1.165, 1.54) is 0 Å². The van der Waals surface area contributed by atoms with Crippen LogP contribution in [0.1, 0.15) is 16.1 Å². The quantitative estimate of drug-likeness (QED) is 0.748. The monoisotopic (exact) mass is 359 g/mol. The molecular formula is C21H17N3O3. The second kappa shape index (κ2) is 6.92. The Morgan fingerprint density at radius 2 is 1.93 bits per heavy atom. The Labute approximate surface area is 156 Å². The van der Waals surface area contributed by atoms with E-state index < -0.39 is 0 Å². The first-order valence-electron chi connectivity index (χ1n) is 8.51.